The summed E-state index contributed by atoms with van der Waals surface area (Å²) in [7, 11) is 0. The van der Waals surface area contributed by atoms with Gasteiger partial charge in [-0.1, -0.05) is 18.2 Å². The minimum absolute atomic E-state index is 0.0335. The molecule has 0 spiro atoms. The number of carbonyl (C=O) groups excluding carboxylic acids is 1. The lowest BCUT2D eigenvalue weighted by Gasteiger charge is -2.21. The number of fused-ring (bicyclic) bond motifs is 1. The summed E-state index contributed by atoms with van der Waals surface area (Å²) >= 11 is 0. The molecule has 2 atom stereocenters. The van der Waals surface area contributed by atoms with Crippen LogP contribution in [0.1, 0.15) is 18.4 Å². The van der Waals surface area contributed by atoms with Crippen molar-refractivity contribution in [3.05, 3.63) is 48.0 Å². The molecule has 0 aliphatic carbocycles. The van der Waals surface area contributed by atoms with Crippen LogP contribution in [0.25, 0.3) is 22.3 Å². The summed E-state index contributed by atoms with van der Waals surface area (Å²) in [5.41, 5.74) is 2.52. The predicted molar refractivity (Wildman–Crippen MR) is 121 cm³/mol. The number of aryl methyl sites for hydroxylation is 1. The standard InChI is InChI=1S/C24H26N4O4/c1-15-6-7-18-20(12-15)26-22(19-4-2-3-5-21(19)29)27-23(18)28-10-8-16(13-28)25-24(30)32-17-9-11-31-14-17/h2-7,12,16-17,29H,8-11,13-14H2,1H3,(H,25,30). The largest absolute Gasteiger partial charge is 0.507 e. The summed E-state index contributed by atoms with van der Waals surface area (Å²) in [5.74, 6) is 1.42. The summed E-state index contributed by atoms with van der Waals surface area (Å²) in [4.78, 5) is 24.0. The number of hydrogen-bond acceptors (Lipinski definition) is 7. The Bertz CT molecular complexity index is 1150. The van der Waals surface area contributed by atoms with Crippen LogP contribution in [-0.2, 0) is 9.47 Å². The van der Waals surface area contributed by atoms with Crippen molar-refractivity contribution in [1.82, 2.24) is 15.3 Å². The van der Waals surface area contributed by atoms with Gasteiger partial charge in [-0.05, 0) is 43.2 Å². The summed E-state index contributed by atoms with van der Waals surface area (Å²) in [5, 5.41) is 14.3. The third-order valence-electron chi connectivity index (χ3n) is 5.95. The lowest BCUT2D eigenvalue weighted by molar-refractivity contribution is 0.0813. The van der Waals surface area contributed by atoms with Gasteiger partial charge < -0.3 is 24.8 Å². The van der Waals surface area contributed by atoms with Crippen molar-refractivity contribution in [2.24, 2.45) is 0 Å². The van der Waals surface area contributed by atoms with Gasteiger partial charge in [0.25, 0.3) is 0 Å². The number of aromatic nitrogens is 2. The molecule has 1 aromatic heterocycles. The van der Waals surface area contributed by atoms with Gasteiger partial charge in [-0.2, -0.15) is 0 Å². The Labute approximate surface area is 186 Å². The molecular formula is C24H26N4O4. The Morgan fingerprint density at radius 3 is 2.91 bits per heavy atom. The van der Waals surface area contributed by atoms with E-state index in [1.54, 1.807) is 12.1 Å². The molecule has 2 saturated heterocycles. The number of nitrogens with one attached hydrogen (secondary N) is 1. The van der Waals surface area contributed by atoms with Gasteiger partial charge >= 0.3 is 6.09 Å². The maximum atomic E-state index is 12.3. The molecule has 3 heterocycles. The fraction of sp³-hybridized carbons (Fsp3) is 0.375. The lowest BCUT2D eigenvalue weighted by atomic mass is 10.1. The molecule has 0 radical (unpaired) electrons. The zero-order valence-electron chi connectivity index (χ0n) is 18.0. The third-order valence-corrected chi connectivity index (χ3v) is 5.95. The summed E-state index contributed by atoms with van der Waals surface area (Å²) in [6.45, 7) is 4.49. The van der Waals surface area contributed by atoms with Crippen molar-refractivity contribution >= 4 is 22.8 Å². The third kappa shape index (κ3) is 4.18. The number of hydrogen-bond donors (Lipinski definition) is 2. The Kier molecular flexibility index (Phi) is 5.53. The molecule has 0 bridgehead atoms. The fourth-order valence-corrected chi connectivity index (χ4v) is 4.28. The maximum Gasteiger partial charge on any atom is 0.407 e. The second-order valence-corrected chi connectivity index (χ2v) is 8.38. The van der Waals surface area contributed by atoms with E-state index in [2.05, 4.69) is 10.2 Å². The summed E-state index contributed by atoms with van der Waals surface area (Å²) in [6.07, 6.45) is 0.971. The Balaban J connectivity index is 1.40. The van der Waals surface area contributed by atoms with Crippen molar-refractivity contribution in [3.8, 4) is 17.1 Å². The van der Waals surface area contributed by atoms with E-state index in [-0.39, 0.29) is 17.9 Å². The number of phenols is 1. The van der Waals surface area contributed by atoms with Gasteiger partial charge in [-0.3, -0.25) is 0 Å². The normalized spacial score (nSPS) is 20.6. The molecular weight excluding hydrogens is 408 g/mol. The van der Waals surface area contributed by atoms with E-state index in [1.165, 1.54) is 0 Å². The number of para-hydroxylation sites is 1. The smallest absolute Gasteiger partial charge is 0.407 e. The number of carbonyl (C=O) groups is 1. The van der Waals surface area contributed by atoms with E-state index < -0.39 is 6.09 Å². The number of ether oxygens (including phenoxy) is 2. The van der Waals surface area contributed by atoms with Gasteiger partial charge in [0.05, 0.1) is 30.3 Å². The predicted octanol–water partition coefficient (Wildman–Crippen LogP) is 3.40. The van der Waals surface area contributed by atoms with Crippen molar-refractivity contribution in [3.63, 3.8) is 0 Å². The first-order chi connectivity index (χ1) is 15.6. The fourth-order valence-electron chi connectivity index (χ4n) is 4.28. The van der Waals surface area contributed by atoms with E-state index in [4.69, 9.17) is 19.4 Å². The first-order valence-electron chi connectivity index (χ1n) is 10.9. The van der Waals surface area contributed by atoms with Crippen LogP contribution in [-0.4, -0.2) is 59.6 Å². The average Bonchev–Trinajstić information content (AvgIpc) is 3.45. The Morgan fingerprint density at radius 2 is 2.09 bits per heavy atom. The number of alkyl carbamates (subject to hydrolysis) is 1. The second kappa shape index (κ2) is 8.63. The van der Waals surface area contributed by atoms with E-state index in [0.717, 1.165) is 41.7 Å². The minimum atomic E-state index is -0.398. The zero-order chi connectivity index (χ0) is 22.1. The highest BCUT2D eigenvalue weighted by Crippen LogP contribution is 2.33. The van der Waals surface area contributed by atoms with E-state index in [0.29, 0.717) is 31.1 Å². The lowest BCUT2D eigenvalue weighted by Crippen LogP contribution is -2.39. The molecule has 2 unspecified atom stereocenters. The van der Waals surface area contributed by atoms with Crippen LogP contribution in [0.5, 0.6) is 5.75 Å². The van der Waals surface area contributed by atoms with Gasteiger partial charge in [-0.15, -0.1) is 0 Å². The van der Waals surface area contributed by atoms with Gasteiger partial charge in [-0.25, -0.2) is 14.8 Å². The molecule has 166 valence electrons. The SMILES string of the molecule is Cc1ccc2c(N3CCC(NC(=O)OC4CCOC4)C3)nc(-c3ccccc3O)nc2c1. The molecule has 2 fully saturated rings. The van der Waals surface area contributed by atoms with Crippen LogP contribution >= 0.6 is 0 Å². The molecule has 2 aromatic carbocycles. The molecule has 0 saturated carbocycles. The Hall–Kier alpha value is -3.39. The molecule has 3 aromatic rings. The van der Waals surface area contributed by atoms with Crippen LogP contribution in [0.2, 0.25) is 0 Å². The summed E-state index contributed by atoms with van der Waals surface area (Å²) in [6, 6.07) is 13.1. The van der Waals surface area contributed by atoms with E-state index in [1.807, 2.05) is 37.3 Å². The molecule has 2 N–H and O–H groups in total. The monoisotopic (exact) mass is 434 g/mol. The van der Waals surface area contributed by atoms with Crippen molar-refractivity contribution in [1.29, 1.82) is 0 Å². The van der Waals surface area contributed by atoms with Gasteiger partial charge in [0, 0.05) is 24.9 Å². The van der Waals surface area contributed by atoms with Crippen LogP contribution in [0.15, 0.2) is 42.5 Å². The molecule has 8 nitrogen and oxygen atoms in total. The highest BCUT2D eigenvalue weighted by molar-refractivity contribution is 5.92. The number of nitrogens with zero attached hydrogens (tertiary/aromatic N) is 3. The van der Waals surface area contributed by atoms with E-state index in [9.17, 15) is 9.90 Å². The van der Waals surface area contributed by atoms with Crippen molar-refractivity contribution in [2.75, 3.05) is 31.2 Å². The second-order valence-electron chi connectivity index (χ2n) is 8.38. The van der Waals surface area contributed by atoms with Gasteiger partial charge in [0.2, 0.25) is 0 Å². The molecule has 8 heteroatoms. The van der Waals surface area contributed by atoms with Crippen molar-refractivity contribution < 1.29 is 19.4 Å². The number of amides is 1. The molecule has 5 rings (SSSR count). The maximum absolute atomic E-state index is 12.3. The van der Waals surface area contributed by atoms with Crippen LogP contribution < -0.4 is 10.2 Å². The van der Waals surface area contributed by atoms with E-state index >= 15 is 0 Å². The minimum Gasteiger partial charge on any atom is -0.507 e. The number of rotatable bonds is 4. The number of benzene rings is 2. The number of phenolic OH excluding ortho intramolecular Hbond substituents is 1. The van der Waals surface area contributed by atoms with Crippen LogP contribution in [0.4, 0.5) is 10.6 Å². The zero-order valence-corrected chi connectivity index (χ0v) is 18.0. The Morgan fingerprint density at radius 1 is 1.22 bits per heavy atom. The highest BCUT2D eigenvalue weighted by atomic mass is 16.6. The molecule has 2 aliphatic heterocycles. The highest BCUT2D eigenvalue weighted by Gasteiger charge is 2.29. The number of anilines is 1. The first-order valence-corrected chi connectivity index (χ1v) is 10.9. The average molecular weight is 434 g/mol. The number of aromatic hydroxyl groups is 1. The molecule has 32 heavy (non-hydrogen) atoms. The topological polar surface area (TPSA) is 96.8 Å². The van der Waals surface area contributed by atoms with Gasteiger partial charge in [0.1, 0.15) is 17.7 Å². The molecule has 2 aliphatic rings. The van der Waals surface area contributed by atoms with Gasteiger partial charge in [0.15, 0.2) is 5.82 Å². The molecule has 1 amide bonds. The van der Waals surface area contributed by atoms with Crippen molar-refractivity contribution in [2.45, 2.75) is 31.9 Å². The first kappa shape index (κ1) is 20.5. The summed E-state index contributed by atoms with van der Waals surface area (Å²) < 4.78 is 10.7. The van der Waals surface area contributed by atoms with Crippen LogP contribution in [0.3, 0.4) is 0 Å². The van der Waals surface area contributed by atoms with Crippen LogP contribution in [0, 0.1) is 6.92 Å². The quantitative estimate of drug-likeness (QED) is 0.650.